The number of aliphatic hydroxyl groups excluding tert-OH is 2. The SMILES string of the molecule is CCCCCCCCCCCCCC(=O)O[C@H](CCCCCCCCCCC)CC(=O)NC(C)[C@]1(NC(=O)C[C@@H](CCCCCCCCCCC)OC(=O)CCCCCCCCCCCCC)[C@H](O)O[C@H](CO)[C@@H](OP(=O)(O)O)[C@@H]1OC(=O)C[C@@H](CCCCCCCCCCC)OC(=O)CCCCCCCCCCCCC. The number of carbonyl (C=O) groups is 6. The zero-order valence-electron chi connectivity index (χ0n) is 73.2. The molecule has 660 valence electrons. The molecule has 19 nitrogen and oxygen atoms in total. The number of amides is 2. The van der Waals surface area contributed by atoms with Crippen molar-refractivity contribution in [1.29, 1.82) is 0 Å². The number of nitrogens with one attached hydrogen (secondary N) is 2. The molecule has 1 aliphatic heterocycles. The van der Waals surface area contributed by atoms with Gasteiger partial charge < -0.3 is 54.3 Å². The summed E-state index contributed by atoms with van der Waals surface area (Å²) in [6, 6.07) is -1.57. The zero-order valence-corrected chi connectivity index (χ0v) is 74.1. The third kappa shape index (κ3) is 58.6. The largest absolute Gasteiger partial charge is 0.470 e. The summed E-state index contributed by atoms with van der Waals surface area (Å²) < 4.78 is 49.8. The first kappa shape index (κ1) is 107. The van der Waals surface area contributed by atoms with Crippen LogP contribution in [0, 0.1) is 0 Å². The third-order valence-corrected chi connectivity index (χ3v) is 23.5. The summed E-state index contributed by atoms with van der Waals surface area (Å²) in [5.74, 6) is -3.99. The molecule has 1 fully saturated rings. The summed E-state index contributed by atoms with van der Waals surface area (Å²) in [6.45, 7) is 13.6. The molecule has 6 N–H and O–H groups in total. The molecule has 0 aliphatic carbocycles. The van der Waals surface area contributed by atoms with Gasteiger partial charge >= 0.3 is 31.7 Å². The van der Waals surface area contributed by atoms with Gasteiger partial charge in [-0.3, -0.25) is 33.3 Å². The number of aliphatic hydroxyl groups is 2. The normalized spacial score (nSPS) is 17.6. The second kappa shape index (κ2) is 74.1. The van der Waals surface area contributed by atoms with E-state index in [1.54, 1.807) is 0 Å². The fourth-order valence-corrected chi connectivity index (χ4v) is 16.5. The standard InChI is InChI=1S/C92H175N2O17P/c1-8-14-20-26-32-38-41-47-53-59-65-71-85(98)106-79(68-62-56-50-44-35-29-23-17-11-4)74-83(96)93-78(7)92(94-84(97)75-80(69-63-57-51-45-36-30-24-18-12-5)107-86(99)72-66-60-54-48-42-39-33-27-21-15-9-2)90(89(111-112(103,104)105)82(77-95)109-91(92)102)110-88(101)76-81(70-64-58-52-46-37-31-25-19-13-6)108-87(100)73-67-61-55-49-43-40-34-28-22-16-10-3/h78-82,89-91,95,102H,8-77H2,1-7H3,(H,93,96)(H,94,97)(H2,103,104,105)/t78?,79-,80-,81-,82-,89-,90+,91-,92-/m1/s1. The number of hydrogen-bond donors (Lipinski definition) is 6. The Hall–Kier alpha value is -3.19. The minimum Gasteiger partial charge on any atom is -0.462 e. The maximum atomic E-state index is 15.4. The average molecular weight is 1610 g/mol. The highest BCUT2D eigenvalue weighted by atomic mass is 31.2. The Bertz CT molecular complexity index is 2290. The van der Waals surface area contributed by atoms with E-state index in [1.807, 2.05) is 0 Å². The molecule has 0 bridgehead atoms. The van der Waals surface area contributed by atoms with Crippen molar-refractivity contribution in [3.8, 4) is 0 Å². The molecule has 0 aromatic rings. The summed E-state index contributed by atoms with van der Waals surface area (Å²) in [5.41, 5.74) is -2.59. The summed E-state index contributed by atoms with van der Waals surface area (Å²) in [6.07, 6.45) is 52.9. The van der Waals surface area contributed by atoms with E-state index >= 15 is 9.59 Å². The van der Waals surface area contributed by atoms with Gasteiger partial charge in [-0.05, 0) is 64.7 Å². The van der Waals surface area contributed by atoms with Crippen LogP contribution in [-0.2, 0) is 61.5 Å². The van der Waals surface area contributed by atoms with E-state index in [0.717, 1.165) is 186 Å². The van der Waals surface area contributed by atoms with Crippen LogP contribution in [0.15, 0.2) is 0 Å². The van der Waals surface area contributed by atoms with E-state index in [9.17, 15) is 43.7 Å². The number of carbonyl (C=O) groups excluding carboxylic acids is 6. The second-order valence-electron chi connectivity index (χ2n) is 33.6. The lowest BCUT2D eigenvalue weighted by Gasteiger charge is -2.54. The van der Waals surface area contributed by atoms with Crippen LogP contribution < -0.4 is 10.6 Å². The van der Waals surface area contributed by atoms with Crippen LogP contribution >= 0.6 is 7.82 Å². The number of ether oxygens (including phenoxy) is 5. The number of phosphoric ester groups is 1. The fraction of sp³-hybridized carbons (Fsp3) is 0.935. The van der Waals surface area contributed by atoms with Crippen LogP contribution in [0.25, 0.3) is 0 Å². The maximum absolute atomic E-state index is 15.4. The van der Waals surface area contributed by atoms with Crippen molar-refractivity contribution in [2.75, 3.05) is 6.61 Å². The van der Waals surface area contributed by atoms with Crippen molar-refractivity contribution in [2.24, 2.45) is 0 Å². The Labute approximate surface area is 684 Å². The lowest BCUT2D eigenvalue weighted by atomic mass is 9.77. The summed E-state index contributed by atoms with van der Waals surface area (Å²) in [4.78, 5) is 109. The number of rotatable bonds is 82. The van der Waals surface area contributed by atoms with Crippen LogP contribution in [0.1, 0.15) is 492 Å². The molecule has 1 saturated heterocycles. The zero-order chi connectivity index (χ0) is 82.2. The lowest BCUT2D eigenvalue weighted by Crippen LogP contribution is -2.80. The molecule has 2 amide bonds. The maximum Gasteiger partial charge on any atom is 0.470 e. The Kier molecular flexibility index (Phi) is 70.7. The second-order valence-corrected chi connectivity index (χ2v) is 34.8. The van der Waals surface area contributed by atoms with Gasteiger partial charge in [0.2, 0.25) is 11.8 Å². The minimum absolute atomic E-state index is 0.128. The van der Waals surface area contributed by atoms with Crippen LogP contribution in [-0.4, -0.2) is 117 Å². The van der Waals surface area contributed by atoms with E-state index in [4.69, 9.17) is 28.2 Å². The molecule has 1 aliphatic rings. The molecule has 1 rings (SSSR count). The Morgan fingerprint density at radius 2 is 0.616 bits per heavy atom. The first-order chi connectivity index (χ1) is 54.3. The van der Waals surface area contributed by atoms with Crippen molar-refractivity contribution < 1.29 is 81.5 Å². The van der Waals surface area contributed by atoms with Crippen LogP contribution in [0.5, 0.6) is 0 Å². The van der Waals surface area contributed by atoms with E-state index in [1.165, 1.54) is 167 Å². The van der Waals surface area contributed by atoms with Crippen molar-refractivity contribution in [3.05, 3.63) is 0 Å². The minimum atomic E-state index is -5.65. The molecule has 0 saturated carbocycles. The quantitative estimate of drug-likeness (QED) is 0.0143. The van der Waals surface area contributed by atoms with Gasteiger partial charge in [-0.2, -0.15) is 0 Å². The molecule has 0 spiro atoms. The third-order valence-electron chi connectivity index (χ3n) is 23.0. The smallest absolute Gasteiger partial charge is 0.462 e. The predicted octanol–water partition coefficient (Wildman–Crippen LogP) is 24.2. The van der Waals surface area contributed by atoms with Crippen LogP contribution in [0.2, 0.25) is 0 Å². The molecule has 9 atom stereocenters. The molecule has 112 heavy (non-hydrogen) atoms. The summed E-state index contributed by atoms with van der Waals surface area (Å²) in [5, 5.41) is 29.6. The highest BCUT2D eigenvalue weighted by Gasteiger charge is 2.64. The van der Waals surface area contributed by atoms with Gasteiger partial charge in [-0.15, -0.1) is 0 Å². The predicted molar refractivity (Wildman–Crippen MR) is 455 cm³/mol. The van der Waals surface area contributed by atoms with Crippen molar-refractivity contribution >= 4 is 43.5 Å². The molecule has 1 heterocycles. The van der Waals surface area contributed by atoms with Gasteiger partial charge in [0.25, 0.3) is 0 Å². The van der Waals surface area contributed by atoms with Gasteiger partial charge in [0, 0.05) is 19.3 Å². The van der Waals surface area contributed by atoms with Gasteiger partial charge in [-0.25, -0.2) is 4.57 Å². The van der Waals surface area contributed by atoms with E-state index in [0.29, 0.717) is 51.4 Å². The van der Waals surface area contributed by atoms with Gasteiger partial charge in [0.1, 0.15) is 30.5 Å². The van der Waals surface area contributed by atoms with E-state index in [2.05, 4.69) is 52.2 Å². The van der Waals surface area contributed by atoms with Crippen molar-refractivity contribution in [3.63, 3.8) is 0 Å². The lowest BCUT2D eigenvalue weighted by molar-refractivity contribution is -0.289. The molecule has 1 unspecified atom stereocenters. The van der Waals surface area contributed by atoms with Gasteiger partial charge in [-0.1, -0.05) is 388 Å². The highest BCUT2D eigenvalue weighted by Crippen LogP contribution is 2.45. The van der Waals surface area contributed by atoms with Gasteiger partial charge in [0.15, 0.2) is 17.9 Å². The van der Waals surface area contributed by atoms with Crippen LogP contribution in [0.3, 0.4) is 0 Å². The Morgan fingerprint density at radius 1 is 0.366 bits per heavy atom. The summed E-state index contributed by atoms with van der Waals surface area (Å²) in [7, 11) is -5.65. The molecule has 0 radical (unpaired) electrons. The Morgan fingerprint density at radius 3 is 0.884 bits per heavy atom. The van der Waals surface area contributed by atoms with Crippen molar-refractivity contribution in [2.45, 2.75) is 546 Å². The van der Waals surface area contributed by atoms with Crippen molar-refractivity contribution in [1.82, 2.24) is 10.6 Å². The topological polar surface area (TPSA) is 280 Å². The number of hydrogen-bond acceptors (Lipinski definition) is 15. The molecule has 20 heteroatoms. The Balaban J connectivity index is 3.99. The number of phosphoric acid groups is 1. The fourth-order valence-electron chi connectivity index (χ4n) is 16.0. The molecular weight excluding hydrogens is 1440 g/mol. The first-order valence-corrected chi connectivity index (χ1v) is 48.9. The van der Waals surface area contributed by atoms with Gasteiger partial charge in [0.05, 0.1) is 31.9 Å². The summed E-state index contributed by atoms with van der Waals surface area (Å²) >= 11 is 0. The number of unbranched alkanes of at least 4 members (excludes halogenated alkanes) is 54. The molecule has 0 aromatic heterocycles. The molecular formula is C92H175N2O17P. The molecule has 0 aromatic carbocycles. The van der Waals surface area contributed by atoms with Crippen LogP contribution in [0.4, 0.5) is 0 Å². The van der Waals surface area contributed by atoms with E-state index < -0.39 is 117 Å². The highest BCUT2D eigenvalue weighted by molar-refractivity contribution is 7.46. The first-order valence-electron chi connectivity index (χ1n) is 47.4. The van der Waals surface area contributed by atoms with E-state index in [-0.39, 0.29) is 32.1 Å². The monoisotopic (exact) mass is 1610 g/mol. The average Bonchev–Trinajstić information content (AvgIpc) is 0.734. The number of esters is 4.